The van der Waals surface area contributed by atoms with E-state index in [1.54, 1.807) is 0 Å². The summed E-state index contributed by atoms with van der Waals surface area (Å²) in [6.07, 6.45) is 3.40. The van der Waals surface area contributed by atoms with Crippen LogP contribution in [0.1, 0.15) is 22.4 Å². The summed E-state index contributed by atoms with van der Waals surface area (Å²) in [5.74, 6) is 0. The van der Waals surface area contributed by atoms with Crippen molar-refractivity contribution in [2.24, 2.45) is 7.05 Å². The first kappa shape index (κ1) is 11.5. The Morgan fingerprint density at radius 2 is 1.70 bits per heavy atom. The smallest absolute Gasteiger partial charge is 0.0486 e. The molecule has 1 aromatic heterocycles. The van der Waals surface area contributed by atoms with Crippen LogP contribution in [0.15, 0.2) is 48.5 Å². The summed E-state index contributed by atoms with van der Waals surface area (Å²) in [5.41, 5.74) is 8.34. The van der Waals surface area contributed by atoms with E-state index in [1.165, 1.54) is 38.9 Å². The van der Waals surface area contributed by atoms with Crippen molar-refractivity contribution in [1.82, 2.24) is 4.57 Å². The highest BCUT2D eigenvalue weighted by molar-refractivity contribution is 6.01. The summed E-state index contributed by atoms with van der Waals surface area (Å²) in [4.78, 5) is 0. The van der Waals surface area contributed by atoms with E-state index in [0.717, 1.165) is 6.42 Å². The van der Waals surface area contributed by atoms with Gasteiger partial charge in [0.05, 0.1) is 0 Å². The topological polar surface area (TPSA) is 4.93 Å². The van der Waals surface area contributed by atoms with E-state index in [1.807, 2.05) is 0 Å². The second kappa shape index (κ2) is 4.11. The lowest BCUT2D eigenvalue weighted by Gasteiger charge is -2.04. The zero-order valence-corrected chi connectivity index (χ0v) is 11.9. The molecule has 0 saturated heterocycles. The van der Waals surface area contributed by atoms with E-state index in [2.05, 4.69) is 73.1 Å². The summed E-state index contributed by atoms with van der Waals surface area (Å²) < 4.78 is 2.30. The molecular weight excluding hydrogens is 242 g/mol. The number of aromatic nitrogens is 1. The molecule has 0 atom stereocenters. The van der Waals surface area contributed by atoms with Crippen molar-refractivity contribution in [2.45, 2.75) is 13.3 Å². The fraction of sp³-hybridized carbons (Fsp3) is 0.158. The lowest BCUT2D eigenvalue weighted by molar-refractivity contribution is 0.914. The molecule has 1 heterocycles. The highest BCUT2D eigenvalue weighted by Crippen LogP contribution is 2.37. The molecule has 3 aromatic rings. The molecule has 0 spiro atoms. The minimum absolute atomic E-state index is 1.05. The first-order valence-corrected chi connectivity index (χ1v) is 7.08. The van der Waals surface area contributed by atoms with Crippen LogP contribution in [-0.2, 0) is 13.5 Å². The van der Waals surface area contributed by atoms with Gasteiger partial charge in [0.2, 0.25) is 0 Å². The van der Waals surface area contributed by atoms with E-state index >= 15 is 0 Å². The molecule has 1 nitrogen and oxygen atoms in total. The Morgan fingerprint density at radius 1 is 0.950 bits per heavy atom. The molecule has 0 unspecified atom stereocenters. The minimum Gasteiger partial charge on any atom is -0.347 e. The van der Waals surface area contributed by atoms with Gasteiger partial charge in [-0.25, -0.2) is 0 Å². The standard InChI is InChI=1S/C19H17N/c1-13-19(17-9-5-6-10-18(17)20(13)2)16-11-14-7-3-4-8-15(14)12-16/h3-11H,12H2,1-2H3. The number of aryl methyl sites for hydroxylation is 1. The van der Waals surface area contributed by atoms with Crippen molar-refractivity contribution < 1.29 is 0 Å². The number of hydrogen-bond acceptors (Lipinski definition) is 0. The van der Waals surface area contributed by atoms with Crippen molar-refractivity contribution in [2.75, 3.05) is 0 Å². The Labute approximate surface area is 119 Å². The summed E-state index contributed by atoms with van der Waals surface area (Å²) in [6, 6.07) is 17.4. The Kier molecular flexibility index (Phi) is 2.37. The lowest BCUT2D eigenvalue weighted by atomic mass is 10.0. The molecule has 2 aromatic carbocycles. The van der Waals surface area contributed by atoms with Crippen LogP contribution in [0.2, 0.25) is 0 Å². The summed E-state index contributed by atoms with van der Waals surface area (Å²) in [7, 11) is 2.16. The average molecular weight is 259 g/mol. The Balaban J connectivity index is 1.96. The van der Waals surface area contributed by atoms with Gasteiger partial charge in [0.25, 0.3) is 0 Å². The van der Waals surface area contributed by atoms with Crippen LogP contribution in [0, 0.1) is 6.92 Å². The van der Waals surface area contributed by atoms with E-state index in [0.29, 0.717) is 0 Å². The number of allylic oxidation sites excluding steroid dienone is 1. The molecule has 0 saturated carbocycles. The normalized spacial score (nSPS) is 13.6. The Morgan fingerprint density at radius 3 is 2.55 bits per heavy atom. The van der Waals surface area contributed by atoms with Crippen LogP contribution in [0.25, 0.3) is 22.6 Å². The highest BCUT2D eigenvalue weighted by Gasteiger charge is 2.19. The third kappa shape index (κ3) is 1.50. The quantitative estimate of drug-likeness (QED) is 0.602. The monoisotopic (exact) mass is 259 g/mol. The first-order chi connectivity index (χ1) is 9.75. The largest absolute Gasteiger partial charge is 0.347 e. The van der Waals surface area contributed by atoms with Crippen LogP contribution < -0.4 is 0 Å². The molecule has 1 aliphatic rings. The fourth-order valence-electron chi connectivity index (χ4n) is 3.37. The maximum absolute atomic E-state index is 2.35. The summed E-state index contributed by atoms with van der Waals surface area (Å²) >= 11 is 0. The molecule has 0 radical (unpaired) electrons. The number of rotatable bonds is 1. The number of nitrogens with zero attached hydrogens (tertiary/aromatic N) is 1. The van der Waals surface area contributed by atoms with Gasteiger partial charge in [0.1, 0.15) is 0 Å². The Hall–Kier alpha value is -2.28. The second-order valence-electron chi connectivity index (χ2n) is 5.58. The minimum atomic E-state index is 1.05. The van der Waals surface area contributed by atoms with Crippen molar-refractivity contribution in [1.29, 1.82) is 0 Å². The molecule has 20 heavy (non-hydrogen) atoms. The maximum atomic E-state index is 2.35. The van der Waals surface area contributed by atoms with Gasteiger partial charge < -0.3 is 4.57 Å². The van der Waals surface area contributed by atoms with Crippen molar-refractivity contribution in [3.8, 4) is 0 Å². The highest BCUT2D eigenvalue weighted by atomic mass is 14.9. The third-order valence-corrected chi connectivity index (χ3v) is 4.49. The van der Waals surface area contributed by atoms with Gasteiger partial charge in [-0.1, -0.05) is 48.5 Å². The molecule has 0 fully saturated rings. The van der Waals surface area contributed by atoms with Crippen LogP contribution in [0.3, 0.4) is 0 Å². The molecule has 0 bridgehead atoms. The second-order valence-corrected chi connectivity index (χ2v) is 5.58. The molecular formula is C19H17N. The number of benzene rings is 2. The zero-order chi connectivity index (χ0) is 13.7. The molecule has 1 heteroatoms. The zero-order valence-electron chi connectivity index (χ0n) is 11.9. The molecule has 1 aliphatic carbocycles. The maximum Gasteiger partial charge on any atom is 0.0486 e. The van der Waals surface area contributed by atoms with Gasteiger partial charge in [-0.15, -0.1) is 0 Å². The van der Waals surface area contributed by atoms with Gasteiger partial charge in [-0.2, -0.15) is 0 Å². The van der Waals surface area contributed by atoms with E-state index in [4.69, 9.17) is 0 Å². The van der Waals surface area contributed by atoms with E-state index < -0.39 is 0 Å². The van der Waals surface area contributed by atoms with Gasteiger partial charge >= 0.3 is 0 Å². The molecule has 4 rings (SSSR count). The molecule has 98 valence electrons. The SMILES string of the molecule is Cc1c(C2=Cc3ccccc3C2)c2ccccc2n1C. The van der Waals surface area contributed by atoms with Crippen molar-refractivity contribution in [3.63, 3.8) is 0 Å². The average Bonchev–Trinajstić information content (AvgIpc) is 3.00. The summed E-state index contributed by atoms with van der Waals surface area (Å²) in [6.45, 7) is 2.22. The predicted molar refractivity (Wildman–Crippen MR) is 85.7 cm³/mol. The molecule has 0 N–H and O–H groups in total. The van der Waals surface area contributed by atoms with Crippen molar-refractivity contribution in [3.05, 3.63) is 70.9 Å². The predicted octanol–water partition coefficient (Wildman–Crippen LogP) is 4.58. The summed E-state index contributed by atoms with van der Waals surface area (Å²) in [5, 5.41) is 1.37. The number of fused-ring (bicyclic) bond motifs is 2. The fourth-order valence-corrected chi connectivity index (χ4v) is 3.37. The van der Waals surface area contributed by atoms with E-state index in [9.17, 15) is 0 Å². The third-order valence-electron chi connectivity index (χ3n) is 4.49. The molecule has 0 amide bonds. The van der Waals surface area contributed by atoms with Gasteiger partial charge in [-0.05, 0) is 36.1 Å². The van der Waals surface area contributed by atoms with Crippen LogP contribution >= 0.6 is 0 Å². The first-order valence-electron chi connectivity index (χ1n) is 7.08. The number of hydrogen-bond donors (Lipinski definition) is 0. The Bertz CT molecular complexity index is 849. The van der Waals surface area contributed by atoms with Gasteiger partial charge in [-0.3, -0.25) is 0 Å². The van der Waals surface area contributed by atoms with Crippen LogP contribution in [-0.4, -0.2) is 4.57 Å². The van der Waals surface area contributed by atoms with Gasteiger partial charge in [0.15, 0.2) is 0 Å². The van der Waals surface area contributed by atoms with E-state index in [-0.39, 0.29) is 0 Å². The van der Waals surface area contributed by atoms with Crippen LogP contribution in [0.4, 0.5) is 0 Å². The van der Waals surface area contributed by atoms with Crippen LogP contribution in [0.5, 0.6) is 0 Å². The van der Waals surface area contributed by atoms with Crippen molar-refractivity contribution >= 4 is 22.6 Å². The van der Waals surface area contributed by atoms with Gasteiger partial charge in [0, 0.05) is 29.2 Å². The molecule has 0 aliphatic heterocycles. The lowest BCUT2D eigenvalue weighted by Crippen LogP contribution is -1.92. The number of para-hydroxylation sites is 1.